The van der Waals surface area contributed by atoms with Crippen molar-refractivity contribution in [3.05, 3.63) is 100 Å². The van der Waals surface area contributed by atoms with Gasteiger partial charge in [-0.25, -0.2) is 4.39 Å². The van der Waals surface area contributed by atoms with Gasteiger partial charge in [-0.05, 0) is 88.4 Å². The van der Waals surface area contributed by atoms with Crippen molar-refractivity contribution in [3.8, 4) is 0 Å². The normalized spacial score (nSPS) is 16.1. The largest absolute Gasteiger partial charge is 0.494 e. The van der Waals surface area contributed by atoms with Crippen molar-refractivity contribution in [2.75, 3.05) is 17.2 Å². The third kappa shape index (κ3) is 7.70. The standard InChI is InChI=1S/C9H12BNO2.C8H10BNO2.C7H7BFNO2.C7H8BNO2/c1-9(2)7-4-3-6(11)5-8(7)10(12)13-9;10-4-6-1-2-7-5-12-9(11)8(7)3-6;9-7-5(10)2-1-4-3-12-8(11)6(4)7;9-6-2-1-5-4-11-8(10)7(5)3-6/h3-5,12H,11H2,1-2H3;1-3,11H,4-5,10H2;1-2,11H,3,10H2;1-3,10H,4,9H2. The van der Waals surface area contributed by atoms with Gasteiger partial charge in [-0.1, -0.05) is 36.4 Å². The quantitative estimate of drug-likeness (QED) is 0.0885. The molecule has 17 heteroatoms. The number of hydrogen-bond donors (Lipinski definition) is 8. The van der Waals surface area contributed by atoms with Gasteiger partial charge >= 0.3 is 28.5 Å². The van der Waals surface area contributed by atoms with E-state index >= 15 is 0 Å². The molecule has 0 amide bonds. The molecule has 12 nitrogen and oxygen atoms in total. The Bertz CT molecular complexity index is 1790. The molecule has 0 saturated heterocycles. The van der Waals surface area contributed by atoms with Gasteiger partial charge in [0.05, 0.1) is 31.1 Å². The Morgan fingerprint density at radius 1 is 0.667 bits per heavy atom. The molecular formula is C31H37B4FN4O8. The number of anilines is 3. The first-order valence-electron chi connectivity index (χ1n) is 15.2. The smallest absolute Gasteiger partial charge is 0.423 e. The van der Waals surface area contributed by atoms with E-state index in [9.17, 15) is 19.5 Å². The minimum Gasteiger partial charge on any atom is -0.423 e. The molecule has 8 rings (SSSR count). The number of hydrogen-bond acceptors (Lipinski definition) is 12. The molecule has 0 fully saturated rings. The second-order valence-electron chi connectivity index (χ2n) is 12.1. The van der Waals surface area contributed by atoms with E-state index in [0.29, 0.717) is 36.7 Å². The van der Waals surface area contributed by atoms with Crippen LogP contribution >= 0.6 is 0 Å². The summed E-state index contributed by atoms with van der Waals surface area (Å²) in [6, 6.07) is 19.8. The summed E-state index contributed by atoms with van der Waals surface area (Å²) < 4.78 is 33.4. The van der Waals surface area contributed by atoms with Gasteiger partial charge in [0, 0.05) is 23.4 Å². The minimum atomic E-state index is -1.16. The number of halogens is 1. The van der Waals surface area contributed by atoms with Crippen LogP contribution in [0.3, 0.4) is 0 Å². The first kappa shape index (κ1) is 35.4. The maximum atomic E-state index is 13.2. The molecule has 4 aliphatic heterocycles. The van der Waals surface area contributed by atoms with Gasteiger partial charge in [0.2, 0.25) is 0 Å². The summed E-state index contributed by atoms with van der Waals surface area (Å²) in [6.07, 6.45) is 0. The molecule has 0 aliphatic carbocycles. The van der Waals surface area contributed by atoms with Crippen LogP contribution in [0.2, 0.25) is 0 Å². The van der Waals surface area contributed by atoms with Crippen molar-refractivity contribution in [2.24, 2.45) is 5.73 Å². The van der Waals surface area contributed by atoms with E-state index in [4.69, 9.17) is 46.6 Å². The zero-order valence-electron chi connectivity index (χ0n) is 26.6. The van der Waals surface area contributed by atoms with Gasteiger partial charge in [0.15, 0.2) is 0 Å². The lowest BCUT2D eigenvalue weighted by Gasteiger charge is -2.19. The lowest BCUT2D eigenvalue weighted by atomic mass is 9.78. The van der Waals surface area contributed by atoms with Gasteiger partial charge in [0.1, 0.15) is 5.82 Å². The fraction of sp³-hybridized carbons (Fsp3) is 0.226. The van der Waals surface area contributed by atoms with Crippen LogP contribution in [-0.4, -0.2) is 48.6 Å². The molecule has 0 unspecified atom stereocenters. The summed E-state index contributed by atoms with van der Waals surface area (Å²) in [6.45, 7) is 5.59. The predicted molar refractivity (Wildman–Crippen MR) is 186 cm³/mol. The van der Waals surface area contributed by atoms with E-state index in [1.807, 2.05) is 50.2 Å². The van der Waals surface area contributed by atoms with Crippen LogP contribution in [0.4, 0.5) is 21.5 Å². The molecule has 4 heterocycles. The van der Waals surface area contributed by atoms with Crippen LogP contribution in [0.5, 0.6) is 0 Å². The van der Waals surface area contributed by atoms with Crippen LogP contribution in [0.15, 0.2) is 66.7 Å². The lowest BCUT2D eigenvalue weighted by Crippen LogP contribution is -2.31. The fourth-order valence-corrected chi connectivity index (χ4v) is 5.66. The summed E-state index contributed by atoms with van der Waals surface area (Å²) in [5, 5.41) is 37.3. The summed E-state index contributed by atoms with van der Waals surface area (Å²) in [7, 11) is -3.54. The van der Waals surface area contributed by atoms with Crippen molar-refractivity contribution < 1.29 is 43.1 Å². The van der Waals surface area contributed by atoms with E-state index in [0.717, 1.165) is 38.6 Å². The molecule has 248 valence electrons. The van der Waals surface area contributed by atoms with E-state index in [2.05, 4.69) is 0 Å². The monoisotopic (exact) mass is 656 g/mol. The summed E-state index contributed by atoms with van der Waals surface area (Å²) in [5.41, 5.74) is 30.2. The fourth-order valence-electron chi connectivity index (χ4n) is 5.66. The van der Waals surface area contributed by atoms with Crippen LogP contribution < -0.4 is 44.8 Å². The molecule has 4 aromatic carbocycles. The number of nitrogen functional groups attached to an aromatic ring is 3. The average Bonchev–Trinajstić information content (AvgIpc) is 3.80. The Kier molecular flexibility index (Phi) is 10.8. The molecule has 12 N–H and O–H groups in total. The molecule has 0 bridgehead atoms. The SMILES string of the molecule is CC1(C)OB(O)c2cc(N)ccc21.NCc1ccc2c(c1)B(O)OC2.Nc1ccc2c(c1)B(O)OC2.Nc1ccc2c(c1F)B(O)OC2. The Balaban J connectivity index is 0.000000125. The first-order valence-corrected chi connectivity index (χ1v) is 15.2. The number of rotatable bonds is 1. The van der Waals surface area contributed by atoms with Crippen molar-refractivity contribution in [1.82, 2.24) is 0 Å². The molecule has 0 aromatic heterocycles. The molecule has 0 atom stereocenters. The van der Waals surface area contributed by atoms with Crippen LogP contribution in [0.1, 0.15) is 41.7 Å². The lowest BCUT2D eigenvalue weighted by molar-refractivity contribution is 0.101. The summed E-state index contributed by atoms with van der Waals surface area (Å²) >= 11 is 0. The maximum Gasteiger partial charge on any atom is 0.494 e. The topological polar surface area (TPSA) is 222 Å². The Labute approximate surface area is 279 Å². The third-order valence-electron chi connectivity index (χ3n) is 8.28. The number of benzene rings is 4. The van der Waals surface area contributed by atoms with Crippen molar-refractivity contribution >= 4 is 67.4 Å². The van der Waals surface area contributed by atoms with Crippen LogP contribution in [0.25, 0.3) is 0 Å². The zero-order valence-corrected chi connectivity index (χ0v) is 26.6. The van der Waals surface area contributed by atoms with Crippen molar-refractivity contribution in [1.29, 1.82) is 0 Å². The average molecular weight is 656 g/mol. The van der Waals surface area contributed by atoms with E-state index in [1.165, 1.54) is 6.07 Å². The number of nitrogens with two attached hydrogens (primary N) is 4. The minimum absolute atomic E-state index is 0.0401. The van der Waals surface area contributed by atoms with Crippen LogP contribution in [-0.2, 0) is 50.6 Å². The maximum absolute atomic E-state index is 13.2. The molecule has 4 aliphatic rings. The molecule has 4 aromatic rings. The van der Waals surface area contributed by atoms with Gasteiger partial charge in [0.25, 0.3) is 0 Å². The number of fused-ring (bicyclic) bond motifs is 4. The molecular weight excluding hydrogens is 619 g/mol. The van der Waals surface area contributed by atoms with Crippen LogP contribution in [0, 0.1) is 5.82 Å². The van der Waals surface area contributed by atoms with Gasteiger partial charge in [-0.3, -0.25) is 0 Å². The van der Waals surface area contributed by atoms with Gasteiger partial charge in [-0.2, -0.15) is 0 Å². The second-order valence-corrected chi connectivity index (χ2v) is 12.1. The Hall–Kier alpha value is -3.89. The molecule has 0 spiro atoms. The summed E-state index contributed by atoms with van der Waals surface area (Å²) in [5.74, 6) is -0.572. The highest BCUT2D eigenvalue weighted by atomic mass is 19.1. The van der Waals surface area contributed by atoms with Crippen molar-refractivity contribution in [2.45, 2.75) is 45.8 Å². The zero-order chi connectivity index (χ0) is 34.7. The Morgan fingerprint density at radius 3 is 1.83 bits per heavy atom. The second kappa shape index (κ2) is 14.7. The van der Waals surface area contributed by atoms with E-state index in [-0.39, 0.29) is 17.8 Å². The predicted octanol–water partition coefficient (Wildman–Crippen LogP) is -1.30. The van der Waals surface area contributed by atoms with E-state index < -0.39 is 39.9 Å². The highest BCUT2D eigenvalue weighted by Crippen LogP contribution is 2.30. The van der Waals surface area contributed by atoms with E-state index in [1.54, 1.807) is 24.3 Å². The Morgan fingerprint density at radius 2 is 1.19 bits per heavy atom. The molecule has 48 heavy (non-hydrogen) atoms. The van der Waals surface area contributed by atoms with Gasteiger partial charge < -0.3 is 61.6 Å². The van der Waals surface area contributed by atoms with Gasteiger partial charge in [-0.15, -0.1) is 0 Å². The highest BCUT2D eigenvalue weighted by Gasteiger charge is 2.40. The first-order chi connectivity index (χ1) is 22.8. The summed E-state index contributed by atoms with van der Waals surface area (Å²) in [4.78, 5) is 0. The molecule has 0 saturated carbocycles. The third-order valence-corrected chi connectivity index (χ3v) is 8.28. The van der Waals surface area contributed by atoms with Crippen molar-refractivity contribution in [3.63, 3.8) is 0 Å². The highest BCUT2D eigenvalue weighted by molar-refractivity contribution is 6.63. The molecule has 0 radical (unpaired) electrons.